The maximum Gasteiger partial charge on any atom is 0.338 e. The normalized spacial score (nSPS) is 17.1. The molecule has 0 saturated heterocycles. The van der Waals surface area contributed by atoms with E-state index in [0.29, 0.717) is 37.7 Å². The third-order valence-corrected chi connectivity index (χ3v) is 6.91. The highest BCUT2D eigenvalue weighted by Gasteiger charge is 2.34. The van der Waals surface area contributed by atoms with Crippen LogP contribution in [-0.4, -0.2) is 23.9 Å². The van der Waals surface area contributed by atoms with Gasteiger partial charge in [-0.05, 0) is 55.3 Å². The summed E-state index contributed by atoms with van der Waals surface area (Å²) in [6.07, 6.45) is 1.83. The van der Waals surface area contributed by atoms with Gasteiger partial charge in [-0.3, -0.25) is 9.36 Å². The highest BCUT2D eigenvalue weighted by atomic mass is 79.9. The topological polar surface area (TPSA) is 79.1 Å². The second-order valence-corrected chi connectivity index (χ2v) is 9.39. The number of aromatic nitrogens is 1. The number of thiazole rings is 1. The van der Waals surface area contributed by atoms with Crippen molar-refractivity contribution in [2.24, 2.45) is 4.99 Å². The molecule has 0 spiro atoms. The molecule has 3 heterocycles. The number of nitrogens with zero attached hydrogens (tertiary/aromatic N) is 2. The number of halogens is 1. The Morgan fingerprint density at radius 3 is 2.76 bits per heavy atom. The van der Waals surface area contributed by atoms with Crippen molar-refractivity contribution in [1.82, 2.24) is 4.57 Å². The predicted octanol–water partition coefficient (Wildman–Crippen LogP) is 3.29. The minimum Gasteiger partial charge on any atom is -0.463 e. The Morgan fingerprint density at radius 2 is 2.00 bits per heavy atom. The first kappa shape index (κ1) is 21.7. The van der Waals surface area contributed by atoms with Crippen molar-refractivity contribution in [3.63, 3.8) is 0 Å². The van der Waals surface area contributed by atoms with E-state index >= 15 is 0 Å². The van der Waals surface area contributed by atoms with E-state index in [1.165, 1.54) is 11.3 Å². The van der Waals surface area contributed by atoms with Crippen molar-refractivity contribution >= 4 is 39.3 Å². The van der Waals surface area contributed by atoms with E-state index < -0.39 is 12.0 Å². The number of fused-ring (bicyclic) bond motifs is 2. The minimum atomic E-state index is -0.693. The lowest BCUT2D eigenvalue weighted by Crippen LogP contribution is -2.39. The maximum absolute atomic E-state index is 13.6. The fraction of sp³-hybridized carbons (Fsp3) is 0.208. The zero-order valence-corrected chi connectivity index (χ0v) is 20.2. The molecule has 0 aliphatic carbocycles. The molecular formula is C24H19BrN2O5S. The Kier molecular flexibility index (Phi) is 5.67. The lowest BCUT2D eigenvalue weighted by atomic mass is 9.95. The summed E-state index contributed by atoms with van der Waals surface area (Å²) in [7, 11) is 0. The van der Waals surface area contributed by atoms with E-state index in [9.17, 15) is 9.59 Å². The molecular weight excluding hydrogens is 508 g/mol. The first-order valence-electron chi connectivity index (χ1n) is 10.3. The first-order chi connectivity index (χ1) is 16.0. The number of hydrogen-bond acceptors (Lipinski definition) is 7. The molecule has 1 unspecified atom stereocenters. The molecule has 2 aliphatic heterocycles. The number of carbonyl (C=O) groups excluding carboxylic acids is 1. The average molecular weight is 527 g/mol. The molecule has 0 bridgehead atoms. The van der Waals surface area contributed by atoms with Crippen molar-refractivity contribution in [2.75, 3.05) is 13.4 Å². The van der Waals surface area contributed by atoms with Crippen LogP contribution in [0.15, 0.2) is 68.0 Å². The molecule has 0 N–H and O–H groups in total. The average Bonchev–Trinajstić information content (AvgIpc) is 3.38. The lowest BCUT2D eigenvalue weighted by Gasteiger charge is -2.24. The monoisotopic (exact) mass is 526 g/mol. The van der Waals surface area contributed by atoms with Gasteiger partial charge in [0.05, 0.1) is 28.5 Å². The quantitative estimate of drug-likeness (QED) is 0.487. The highest BCUT2D eigenvalue weighted by molar-refractivity contribution is 9.10. The Bertz CT molecular complexity index is 1470. The van der Waals surface area contributed by atoms with Crippen LogP contribution in [0.5, 0.6) is 11.5 Å². The minimum absolute atomic E-state index is 0.133. The van der Waals surface area contributed by atoms with Crippen LogP contribution in [0.1, 0.15) is 31.0 Å². The summed E-state index contributed by atoms with van der Waals surface area (Å²) < 4.78 is 19.3. The molecule has 0 amide bonds. The first-order valence-corrected chi connectivity index (χ1v) is 11.9. The van der Waals surface area contributed by atoms with Gasteiger partial charge in [-0.1, -0.05) is 45.5 Å². The maximum atomic E-state index is 13.6. The van der Waals surface area contributed by atoms with Gasteiger partial charge in [-0.2, -0.15) is 0 Å². The van der Waals surface area contributed by atoms with E-state index in [1.807, 2.05) is 36.4 Å². The summed E-state index contributed by atoms with van der Waals surface area (Å²) in [4.78, 5) is 31.7. The molecule has 3 aromatic rings. The highest BCUT2D eigenvalue weighted by Crippen LogP contribution is 2.38. The Balaban J connectivity index is 1.72. The standard InChI is InChI=1S/C24H19BrN2O5S/c1-3-30-23(29)20-13(2)26-24-27(21(20)15-6-9-17-18(11-15)32-12-31-17)22(28)19(33-24)10-14-4-7-16(25)8-5-14/h4-11,21H,3,12H2,1-2H3/b19-10+. The van der Waals surface area contributed by atoms with Gasteiger partial charge in [0.15, 0.2) is 16.3 Å². The van der Waals surface area contributed by atoms with Crippen LogP contribution in [0.25, 0.3) is 6.08 Å². The SMILES string of the molecule is CCOC(=O)C1=C(C)N=c2s/c(=C/c3ccc(Br)cc3)c(=O)n2C1c1ccc2c(c1)OCO2. The van der Waals surface area contributed by atoms with E-state index in [-0.39, 0.29) is 19.0 Å². The molecule has 0 fully saturated rings. The molecule has 1 atom stereocenters. The van der Waals surface area contributed by atoms with Gasteiger partial charge in [0, 0.05) is 4.47 Å². The summed E-state index contributed by atoms with van der Waals surface area (Å²) >= 11 is 4.72. The van der Waals surface area contributed by atoms with Crippen molar-refractivity contribution in [2.45, 2.75) is 19.9 Å². The Labute approximate surface area is 201 Å². The van der Waals surface area contributed by atoms with E-state index in [0.717, 1.165) is 10.0 Å². The van der Waals surface area contributed by atoms with Crippen molar-refractivity contribution in [3.05, 3.63) is 89.0 Å². The van der Waals surface area contributed by atoms with Gasteiger partial charge < -0.3 is 14.2 Å². The molecule has 0 radical (unpaired) electrons. The molecule has 2 aliphatic rings. The molecule has 168 valence electrons. The molecule has 9 heteroatoms. The van der Waals surface area contributed by atoms with Crippen LogP contribution in [0.2, 0.25) is 0 Å². The number of allylic oxidation sites excluding steroid dienone is 1. The summed E-state index contributed by atoms with van der Waals surface area (Å²) in [5.74, 6) is 0.700. The number of hydrogen-bond donors (Lipinski definition) is 0. The molecule has 7 nitrogen and oxygen atoms in total. The predicted molar refractivity (Wildman–Crippen MR) is 127 cm³/mol. The molecule has 33 heavy (non-hydrogen) atoms. The Morgan fingerprint density at radius 1 is 1.24 bits per heavy atom. The third kappa shape index (κ3) is 3.91. The number of carbonyl (C=O) groups is 1. The third-order valence-electron chi connectivity index (χ3n) is 5.40. The van der Waals surface area contributed by atoms with Crippen LogP contribution in [0.3, 0.4) is 0 Å². The second-order valence-electron chi connectivity index (χ2n) is 7.47. The largest absolute Gasteiger partial charge is 0.463 e. The van der Waals surface area contributed by atoms with Gasteiger partial charge >= 0.3 is 5.97 Å². The molecule has 5 rings (SSSR count). The van der Waals surface area contributed by atoms with Gasteiger partial charge in [0.25, 0.3) is 5.56 Å². The number of esters is 1. The van der Waals surface area contributed by atoms with E-state index in [2.05, 4.69) is 20.9 Å². The molecule has 2 aromatic carbocycles. The van der Waals surface area contributed by atoms with E-state index in [4.69, 9.17) is 14.2 Å². The Hall–Kier alpha value is -3.17. The fourth-order valence-corrected chi connectivity index (χ4v) is 5.21. The summed E-state index contributed by atoms with van der Waals surface area (Å²) in [6.45, 7) is 3.86. The van der Waals surface area contributed by atoms with Gasteiger partial charge in [0.2, 0.25) is 6.79 Å². The number of rotatable bonds is 4. The summed E-state index contributed by atoms with van der Waals surface area (Å²) in [6, 6.07) is 12.4. The van der Waals surface area contributed by atoms with Gasteiger partial charge in [-0.15, -0.1) is 0 Å². The van der Waals surface area contributed by atoms with Crippen LogP contribution in [-0.2, 0) is 9.53 Å². The zero-order valence-electron chi connectivity index (χ0n) is 17.8. The molecule has 0 saturated carbocycles. The van der Waals surface area contributed by atoms with Gasteiger partial charge in [-0.25, -0.2) is 9.79 Å². The van der Waals surface area contributed by atoms with Crippen molar-refractivity contribution in [3.8, 4) is 11.5 Å². The summed E-state index contributed by atoms with van der Waals surface area (Å²) in [5, 5.41) is 0. The number of benzene rings is 2. The smallest absolute Gasteiger partial charge is 0.338 e. The van der Waals surface area contributed by atoms with Crippen molar-refractivity contribution < 1.29 is 19.0 Å². The van der Waals surface area contributed by atoms with Crippen LogP contribution < -0.4 is 24.4 Å². The number of ether oxygens (including phenoxy) is 3. The fourth-order valence-electron chi connectivity index (χ4n) is 3.90. The van der Waals surface area contributed by atoms with Gasteiger partial charge in [0.1, 0.15) is 0 Å². The van der Waals surface area contributed by atoms with Crippen LogP contribution in [0, 0.1) is 0 Å². The second kappa shape index (κ2) is 8.64. The van der Waals surface area contributed by atoms with Crippen LogP contribution in [0.4, 0.5) is 0 Å². The summed E-state index contributed by atoms with van der Waals surface area (Å²) in [5.41, 5.74) is 2.24. The van der Waals surface area contributed by atoms with Crippen molar-refractivity contribution in [1.29, 1.82) is 0 Å². The van der Waals surface area contributed by atoms with Crippen LogP contribution >= 0.6 is 27.3 Å². The lowest BCUT2D eigenvalue weighted by molar-refractivity contribution is -0.139. The van der Waals surface area contributed by atoms with E-state index in [1.54, 1.807) is 30.5 Å². The zero-order chi connectivity index (χ0) is 23.1. The molecule has 1 aromatic heterocycles.